The third kappa shape index (κ3) is 7.07. The third-order valence-electron chi connectivity index (χ3n) is 4.07. The molecule has 152 valence electrons. The largest absolute Gasteiger partial charge is 0.455 e. The lowest BCUT2D eigenvalue weighted by atomic mass is 10.0. The van der Waals surface area contributed by atoms with Crippen LogP contribution < -0.4 is 16.4 Å². The number of primary amides is 1. The molecule has 1 aliphatic rings. The number of hydrogen-bond donors (Lipinski definition) is 3. The molecule has 1 atom stereocenters. The van der Waals surface area contributed by atoms with Crippen molar-refractivity contribution in [2.24, 2.45) is 5.73 Å². The predicted molar refractivity (Wildman–Crippen MR) is 101 cm³/mol. The van der Waals surface area contributed by atoms with Crippen LogP contribution >= 0.6 is 11.6 Å². The highest BCUT2D eigenvalue weighted by atomic mass is 35.5. The van der Waals surface area contributed by atoms with Crippen LogP contribution in [-0.2, 0) is 19.1 Å². The van der Waals surface area contributed by atoms with Gasteiger partial charge in [-0.15, -0.1) is 0 Å². The summed E-state index contributed by atoms with van der Waals surface area (Å²) in [4.78, 5) is 48.3. The van der Waals surface area contributed by atoms with Gasteiger partial charge in [-0.05, 0) is 24.5 Å². The Kier molecular flexibility index (Phi) is 7.62. The average Bonchev–Trinajstić information content (AvgIpc) is 3.42. The molecule has 4 amide bonds. The second kappa shape index (κ2) is 9.93. The molecular weight excluding hydrogens is 388 g/mol. The van der Waals surface area contributed by atoms with Gasteiger partial charge in [0.25, 0.3) is 5.91 Å². The van der Waals surface area contributed by atoms with E-state index in [2.05, 4.69) is 10.6 Å². The smallest absolute Gasteiger partial charge is 0.312 e. The van der Waals surface area contributed by atoms with Crippen molar-refractivity contribution >= 4 is 35.4 Å². The van der Waals surface area contributed by atoms with E-state index in [1.807, 2.05) is 0 Å². The number of benzene rings is 1. The molecule has 0 bridgehead atoms. The number of esters is 1. The molecule has 0 saturated heterocycles. The SMILES string of the molecule is CN(CC(=O)NC1CC1)C(=O)COC(=O)C[C@@H](NC(N)=O)c1ccccc1Cl. The second-order valence-electron chi connectivity index (χ2n) is 6.54. The van der Waals surface area contributed by atoms with Crippen LogP contribution in [0, 0.1) is 0 Å². The van der Waals surface area contributed by atoms with Crippen molar-refractivity contribution in [3.05, 3.63) is 34.9 Å². The van der Waals surface area contributed by atoms with Crippen molar-refractivity contribution in [2.75, 3.05) is 20.2 Å². The van der Waals surface area contributed by atoms with Crippen molar-refractivity contribution in [1.82, 2.24) is 15.5 Å². The van der Waals surface area contributed by atoms with E-state index in [0.717, 1.165) is 12.8 Å². The summed E-state index contributed by atoms with van der Waals surface area (Å²) in [6.07, 6.45) is 1.64. The third-order valence-corrected chi connectivity index (χ3v) is 4.42. The zero-order valence-electron chi connectivity index (χ0n) is 15.4. The van der Waals surface area contributed by atoms with Gasteiger partial charge in [-0.3, -0.25) is 14.4 Å². The molecule has 1 saturated carbocycles. The van der Waals surface area contributed by atoms with Gasteiger partial charge in [0.1, 0.15) is 0 Å². The Morgan fingerprint density at radius 1 is 1.29 bits per heavy atom. The van der Waals surface area contributed by atoms with E-state index < -0.39 is 30.6 Å². The second-order valence-corrected chi connectivity index (χ2v) is 6.95. The standard InChI is InChI=1S/C18H23ClN4O5/c1-23(9-15(24)21-11-6-7-11)16(25)10-28-17(26)8-14(22-18(20)27)12-4-2-3-5-13(12)19/h2-5,11,14H,6-10H2,1H3,(H,21,24)(H3,20,22,27)/t14-/m1/s1. The van der Waals surface area contributed by atoms with Gasteiger partial charge >= 0.3 is 12.0 Å². The van der Waals surface area contributed by atoms with Gasteiger partial charge in [0.05, 0.1) is 19.0 Å². The van der Waals surface area contributed by atoms with E-state index in [1.165, 1.54) is 11.9 Å². The van der Waals surface area contributed by atoms with E-state index in [9.17, 15) is 19.2 Å². The lowest BCUT2D eigenvalue weighted by Gasteiger charge is -2.19. The number of likely N-dealkylation sites (N-methyl/N-ethyl adjacent to an activating group) is 1. The maximum Gasteiger partial charge on any atom is 0.312 e. The maximum atomic E-state index is 12.1. The van der Waals surface area contributed by atoms with E-state index in [-0.39, 0.29) is 24.9 Å². The summed E-state index contributed by atoms with van der Waals surface area (Å²) < 4.78 is 4.98. The predicted octanol–water partition coefficient (Wildman–Crippen LogP) is 0.720. The van der Waals surface area contributed by atoms with Gasteiger partial charge in [-0.2, -0.15) is 0 Å². The molecule has 1 aromatic carbocycles. The minimum absolute atomic E-state index is 0.113. The number of hydrogen-bond acceptors (Lipinski definition) is 5. The van der Waals surface area contributed by atoms with Gasteiger partial charge in [-0.1, -0.05) is 29.8 Å². The number of carbonyl (C=O) groups is 4. The van der Waals surface area contributed by atoms with E-state index in [1.54, 1.807) is 24.3 Å². The first kappa shape index (κ1) is 21.5. The molecular formula is C18H23ClN4O5. The number of halogens is 1. The average molecular weight is 411 g/mol. The van der Waals surface area contributed by atoms with Gasteiger partial charge < -0.3 is 26.0 Å². The number of urea groups is 1. The number of amides is 4. The Bertz CT molecular complexity index is 753. The van der Waals surface area contributed by atoms with Crippen molar-refractivity contribution < 1.29 is 23.9 Å². The number of nitrogens with two attached hydrogens (primary N) is 1. The molecule has 1 fully saturated rings. The van der Waals surface area contributed by atoms with Gasteiger partial charge in [0.2, 0.25) is 5.91 Å². The topological polar surface area (TPSA) is 131 Å². The summed E-state index contributed by atoms with van der Waals surface area (Å²) in [5, 5.41) is 5.55. The summed E-state index contributed by atoms with van der Waals surface area (Å²) in [5.74, 6) is -1.49. The van der Waals surface area contributed by atoms with E-state index >= 15 is 0 Å². The monoisotopic (exact) mass is 410 g/mol. The molecule has 10 heteroatoms. The number of rotatable bonds is 9. The Morgan fingerprint density at radius 2 is 1.96 bits per heavy atom. The Hall–Kier alpha value is -2.81. The fraction of sp³-hybridized carbons (Fsp3) is 0.444. The number of ether oxygens (including phenoxy) is 1. The molecule has 28 heavy (non-hydrogen) atoms. The summed E-state index contributed by atoms with van der Waals surface area (Å²) in [7, 11) is 1.45. The highest BCUT2D eigenvalue weighted by Crippen LogP contribution is 2.25. The van der Waals surface area contributed by atoms with E-state index in [0.29, 0.717) is 10.6 Å². The lowest BCUT2D eigenvalue weighted by Crippen LogP contribution is -2.41. The van der Waals surface area contributed by atoms with Crippen LogP contribution in [0.4, 0.5) is 4.79 Å². The molecule has 0 radical (unpaired) electrons. The highest BCUT2D eigenvalue weighted by molar-refractivity contribution is 6.31. The quantitative estimate of drug-likeness (QED) is 0.516. The van der Waals surface area contributed by atoms with Crippen LogP contribution in [0.2, 0.25) is 5.02 Å². The van der Waals surface area contributed by atoms with Crippen molar-refractivity contribution in [3.63, 3.8) is 0 Å². The first-order chi connectivity index (χ1) is 13.3. The fourth-order valence-corrected chi connectivity index (χ4v) is 2.72. The first-order valence-corrected chi connectivity index (χ1v) is 9.13. The van der Waals surface area contributed by atoms with Crippen molar-refractivity contribution in [1.29, 1.82) is 0 Å². The fourth-order valence-electron chi connectivity index (χ4n) is 2.45. The molecule has 2 rings (SSSR count). The zero-order chi connectivity index (χ0) is 20.7. The van der Waals surface area contributed by atoms with Crippen LogP contribution in [0.1, 0.15) is 30.9 Å². The van der Waals surface area contributed by atoms with Gasteiger partial charge in [-0.25, -0.2) is 4.79 Å². The summed E-state index contributed by atoms with van der Waals surface area (Å²) in [5.41, 5.74) is 5.66. The molecule has 1 aliphatic carbocycles. The van der Waals surface area contributed by atoms with Crippen LogP contribution in [0.5, 0.6) is 0 Å². The maximum absolute atomic E-state index is 12.1. The molecule has 0 aliphatic heterocycles. The molecule has 1 aromatic rings. The number of nitrogens with one attached hydrogen (secondary N) is 2. The molecule has 4 N–H and O–H groups in total. The molecule has 0 spiro atoms. The minimum Gasteiger partial charge on any atom is -0.455 e. The van der Waals surface area contributed by atoms with Crippen LogP contribution in [0.15, 0.2) is 24.3 Å². The highest BCUT2D eigenvalue weighted by Gasteiger charge is 2.25. The summed E-state index contributed by atoms with van der Waals surface area (Å²) >= 11 is 6.10. The summed E-state index contributed by atoms with van der Waals surface area (Å²) in [6, 6.07) is 5.25. The number of nitrogens with zero attached hydrogens (tertiary/aromatic N) is 1. The van der Waals surface area contributed by atoms with Crippen molar-refractivity contribution in [3.8, 4) is 0 Å². The van der Waals surface area contributed by atoms with Crippen LogP contribution in [-0.4, -0.2) is 55.0 Å². The van der Waals surface area contributed by atoms with E-state index in [4.69, 9.17) is 22.1 Å². The van der Waals surface area contributed by atoms with Crippen LogP contribution in [0.3, 0.4) is 0 Å². The lowest BCUT2D eigenvalue weighted by molar-refractivity contribution is -0.152. The Labute approximate surface area is 167 Å². The Balaban J connectivity index is 1.84. The normalized spacial score (nSPS) is 13.9. The zero-order valence-corrected chi connectivity index (χ0v) is 16.2. The van der Waals surface area contributed by atoms with Gasteiger partial charge in [0, 0.05) is 18.1 Å². The molecule has 0 unspecified atom stereocenters. The van der Waals surface area contributed by atoms with Crippen LogP contribution in [0.25, 0.3) is 0 Å². The first-order valence-electron chi connectivity index (χ1n) is 8.75. The molecule has 0 heterocycles. The number of carbonyl (C=O) groups excluding carboxylic acids is 4. The van der Waals surface area contributed by atoms with Gasteiger partial charge in [0.15, 0.2) is 6.61 Å². The van der Waals surface area contributed by atoms with Crippen molar-refractivity contribution in [2.45, 2.75) is 31.3 Å². The molecule has 9 nitrogen and oxygen atoms in total. The Morgan fingerprint density at radius 3 is 2.57 bits per heavy atom. The molecule has 0 aromatic heterocycles. The minimum atomic E-state index is -0.824. The summed E-state index contributed by atoms with van der Waals surface area (Å²) in [6.45, 7) is -0.629.